The second kappa shape index (κ2) is 9.56. The number of aryl methyl sites for hydroxylation is 1. The van der Waals surface area contributed by atoms with Gasteiger partial charge in [0.15, 0.2) is 0 Å². The summed E-state index contributed by atoms with van der Waals surface area (Å²) in [5, 5.41) is 0. The van der Waals surface area contributed by atoms with E-state index < -0.39 is 0 Å². The van der Waals surface area contributed by atoms with Crippen molar-refractivity contribution >= 4 is 5.57 Å². The summed E-state index contributed by atoms with van der Waals surface area (Å²) < 4.78 is 0. The summed E-state index contributed by atoms with van der Waals surface area (Å²) in [6.07, 6.45) is 22.1. The fourth-order valence-corrected chi connectivity index (χ4v) is 4.22. The number of allylic oxidation sites excluding steroid dienone is 9. The molecule has 29 heavy (non-hydrogen) atoms. The smallest absolute Gasteiger partial charge is 0.00140 e. The van der Waals surface area contributed by atoms with Gasteiger partial charge in [-0.1, -0.05) is 114 Å². The van der Waals surface area contributed by atoms with E-state index in [0.717, 1.165) is 6.42 Å². The third-order valence-electron chi connectivity index (χ3n) is 5.99. The van der Waals surface area contributed by atoms with Gasteiger partial charge in [-0.05, 0) is 61.6 Å². The lowest BCUT2D eigenvalue weighted by atomic mass is 9.85. The van der Waals surface area contributed by atoms with Crippen molar-refractivity contribution in [1.29, 1.82) is 0 Å². The number of rotatable bonds is 5. The molecule has 0 heteroatoms. The minimum atomic E-state index is 0.616. The molecule has 2 aromatic carbocycles. The van der Waals surface area contributed by atoms with Crippen LogP contribution in [0.15, 0.2) is 108 Å². The highest BCUT2D eigenvalue weighted by atomic mass is 14.2. The molecular formula is C29H30. The van der Waals surface area contributed by atoms with E-state index in [4.69, 9.17) is 0 Å². The molecule has 4 rings (SSSR count). The topological polar surface area (TPSA) is 0 Å². The monoisotopic (exact) mass is 378 g/mol. The normalized spacial score (nSPS) is 19.5. The summed E-state index contributed by atoms with van der Waals surface area (Å²) in [6.45, 7) is 2.14. The van der Waals surface area contributed by atoms with Crippen LogP contribution in [0.4, 0.5) is 0 Å². The van der Waals surface area contributed by atoms with Crippen LogP contribution in [-0.4, -0.2) is 0 Å². The Kier molecular flexibility index (Phi) is 6.42. The fraction of sp³-hybridized carbons (Fsp3) is 0.241. The molecule has 0 radical (unpaired) electrons. The Morgan fingerprint density at radius 3 is 2.45 bits per heavy atom. The van der Waals surface area contributed by atoms with Gasteiger partial charge in [-0.3, -0.25) is 0 Å². The Balaban J connectivity index is 1.54. The van der Waals surface area contributed by atoms with Gasteiger partial charge in [0.05, 0.1) is 0 Å². The van der Waals surface area contributed by atoms with Gasteiger partial charge in [-0.15, -0.1) is 0 Å². The van der Waals surface area contributed by atoms with Gasteiger partial charge in [-0.25, -0.2) is 0 Å². The maximum absolute atomic E-state index is 2.42. The van der Waals surface area contributed by atoms with Gasteiger partial charge >= 0.3 is 0 Å². The van der Waals surface area contributed by atoms with Crippen LogP contribution in [0.5, 0.6) is 0 Å². The molecule has 0 fully saturated rings. The third-order valence-corrected chi connectivity index (χ3v) is 5.99. The van der Waals surface area contributed by atoms with Crippen molar-refractivity contribution in [3.8, 4) is 0 Å². The van der Waals surface area contributed by atoms with Crippen LogP contribution in [0.2, 0.25) is 0 Å². The predicted molar refractivity (Wildman–Crippen MR) is 126 cm³/mol. The van der Waals surface area contributed by atoms with Gasteiger partial charge < -0.3 is 0 Å². The summed E-state index contributed by atoms with van der Waals surface area (Å²) >= 11 is 0. The second-order valence-electron chi connectivity index (χ2n) is 8.12. The van der Waals surface area contributed by atoms with E-state index in [1.807, 2.05) is 0 Å². The standard InChI is InChI=1S/C29H30/c1-23-13-18-28(19-14-23)29(27-11-7-4-8-12-27)22-17-24-15-20-26(21-16-24)25-9-5-2-3-6-10-25/h2-5,7-9,11-15,18-20,22,25H,6,10,16-17,21H2,1H3/b29-22-. The summed E-state index contributed by atoms with van der Waals surface area (Å²) in [5.41, 5.74) is 8.35. The van der Waals surface area contributed by atoms with Crippen LogP contribution >= 0.6 is 0 Å². The zero-order valence-electron chi connectivity index (χ0n) is 17.4. The third kappa shape index (κ3) is 5.15. The first-order valence-corrected chi connectivity index (χ1v) is 10.8. The Morgan fingerprint density at radius 2 is 1.69 bits per heavy atom. The molecule has 2 aromatic rings. The SMILES string of the molecule is Cc1ccc(/C(=C\CC2=CC=C(C3C=CC=CCC3)CC2)c2ccccc2)cc1. The van der Waals surface area contributed by atoms with Gasteiger partial charge in [0.25, 0.3) is 0 Å². The molecular weight excluding hydrogens is 348 g/mol. The van der Waals surface area contributed by atoms with E-state index in [9.17, 15) is 0 Å². The lowest BCUT2D eigenvalue weighted by Crippen LogP contribution is -2.04. The van der Waals surface area contributed by atoms with Crippen molar-refractivity contribution in [3.63, 3.8) is 0 Å². The minimum Gasteiger partial charge on any atom is -0.0845 e. The van der Waals surface area contributed by atoms with Crippen molar-refractivity contribution in [1.82, 2.24) is 0 Å². The molecule has 146 valence electrons. The molecule has 2 aliphatic carbocycles. The van der Waals surface area contributed by atoms with Gasteiger partial charge in [-0.2, -0.15) is 0 Å². The van der Waals surface area contributed by atoms with Crippen LogP contribution in [0.3, 0.4) is 0 Å². The van der Waals surface area contributed by atoms with Gasteiger partial charge in [0.1, 0.15) is 0 Å². The molecule has 1 unspecified atom stereocenters. The first-order chi connectivity index (χ1) is 14.3. The molecule has 0 aromatic heterocycles. The Labute approximate surface area is 175 Å². The maximum atomic E-state index is 2.42. The first-order valence-electron chi connectivity index (χ1n) is 10.8. The quantitative estimate of drug-likeness (QED) is 0.494. The van der Waals surface area contributed by atoms with E-state index in [1.54, 1.807) is 5.57 Å². The van der Waals surface area contributed by atoms with Crippen LogP contribution in [0, 0.1) is 12.8 Å². The average Bonchev–Trinajstić information content (AvgIpc) is 3.06. The van der Waals surface area contributed by atoms with Crippen LogP contribution in [-0.2, 0) is 0 Å². The van der Waals surface area contributed by atoms with Crippen molar-refractivity contribution in [2.45, 2.75) is 39.0 Å². The molecule has 0 saturated heterocycles. The highest BCUT2D eigenvalue weighted by Gasteiger charge is 2.15. The second-order valence-corrected chi connectivity index (χ2v) is 8.12. The highest BCUT2D eigenvalue weighted by molar-refractivity contribution is 5.80. The van der Waals surface area contributed by atoms with Crippen LogP contribution < -0.4 is 0 Å². The largest absolute Gasteiger partial charge is 0.0845 e. The summed E-state index contributed by atoms with van der Waals surface area (Å²) in [5.74, 6) is 0.616. The minimum absolute atomic E-state index is 0.616. The molecule has 0 nitrogen and oxygen atoms in total. The van der Waals surface area contributed by atoms with E-state index in [-0.39, 0.29) is 0 Å². The molecule has 0 bridgehead atoms. The van der Waals surface area contributed by atoms with Crippen molar-refractivity contribution in [2.24, 2.45) is 5.92 Å². The molecule has 0 heterocycles. The summed E-state index contributed by atoms with van der Waals surface area (Å²) in [6, 6.07) is 19.7. The van der Waals surface area contributed by atoms with Crippen molar-refractivity contribution in [2.75, 3.05) is 0 Å². The number of hydrogen-bond donors (Lipinski definition) is 0. The summed E-state index contributed by atoms with van der Waals surface area (Å²) in [7, 11) is 0. The Hall–Kier alpha value is -2.86. The molecule has 0 saturated carbocycles. The predicted octanol–water partition coefficient (Wildman–Crippen LogP) is 7.99. The lowest BCUT2D eigenvalue weighted by Gasteiger charge is -2.20. The Morgan fingerprint density at radius 1 is 0.897 bits per heavy atom. The van der Waals surface area contributed by atoms with E-state index in [0.29, 0.717) is 5.92 Å². The van der Waals surface area contributed by atoms with Gasteiger partial charge in [0.2, 0.25) is 0 Å². The van der Waals surface area contributed by atoms with Crippen LogP contribution in [0.25, 0.3) is 5.57 Å². The van der Waals surface area contributed by atoms with E-state index in [1.165, 1.54) is 53.5 Å². The van der Waals surface area contributed by atoms with Crippen LogP contribution in [0.1, 0.15) is 48.8 Å². The van der Waals surface area contributed by atoms with E-state index >= 15 is 0 Å². The lowest BCUT2D eigenvalue weighted by molar-refractivity contribution is 0.646. The van der Waals surface area contributed by atoms with Gasteiger partial charge in [0, 0.05) is 0 Å². The number of hydrogen-bond acceptors (Lipinski definition) is 0. The van der Waals surface area contributed by atoms with Crippen molar-refractivity contribution < 1.29 is 0 Å². The summed E-state index contributed by atoms with van der Waals surface area (Å²) in [4.78, 5) is 0. The maximum Gasteiger partial charge on any atom is -0.00140 e. The molecule has 0 N–H and O–H groups in total. The molecule has 0 aliphatic heterocycles. The highest BCUT2D eigenvalue weighted by Crippen LogP contribution is 2.32. The van der Waals surface area contributed by atoms with E-state index in [2.05, 4.69) is 104 Å². The molecule has 0 spiro atoms. The fourth-order valence-electron chi connectivity index (χ4n) is 4.22. The first kappa shape index (κ1) is 19.5. The average molecular weight is 379 g/mol. The number of benzene rings is 2. The zero-order chi connectivity index (χ0) is 19.9. The zero-order valence-corrected chi connectivity index (χ0v) is 17.4. The molecule has 2 aliphatic rings. The van der Waals surface area contributed by atoms with Crippen molar-refractivity contribution in [3.05, 3.63) is 125 Å². The Bertz CT molecular complexity index is 962. The molecule has 0 amide bonds. The molecule has 1 atom stereocenters.